The molecule has 1 fully saturated rings. The quantitative estimate of drug-likeness (QED) is 0.227. The Kier molecular flexibility index (Phi) is 8.02. The molecule has 1 saturated heterocycles. The number of hydrogen-bond donors (Lipinski definition) is 1. The zero-order chi connectivity index (χ0) is 28.3. The van der Waals surface area contributed by atoms with E-state index in [4.69, 9.17) is 8.39 Å². The lowest BCUT2D eigenvalue weighted by molar-refractivity contribution is 0.428. The van der Waals surface area contributed by atoms with Gasteiger partial charge in [0.1, 0.15) is 11.2 Å². The van der Waals surface area contributed by atoms with Crippen LogP contribution in [-0.2, 0) is 0 Å². The van der Waals surface area contributed by atoms with E-state index in [2.05, 4.69) is 120 Å². The summed E-state index contributed by atoms with van der Waals surface area (Å²) in [5, 5.41) is 10.7. The van der Waals surface area contributed by atoms with Crippen molar-refractivity contribution < 1.29 is 8.39 Å². The molecule has 2 heterocycles. The van der Waals surface area contributed by atoms with Gasteiger partial charge in [-0.3, -0.25) is 0 Å². The Morgan fingerprint density at radius 2 is 1.17 bits per heavy atom. The topological polar surface area (TPSA) is 41.5 Å². The van der Waals surface area contributed by atoms with Crippen molar-refractivity contribution in [2.45, 2.75) is 57.5 Å². The summed E-state index contributed by atoms with van der Waals surface area (Å²) < 4.78 is 16.9. The van der Waals surface area contributed by atoms with Crippen molar-refractivity contribution in [2.75, 3.05) is 17.8 Å². The molecule has 4 nitrogen and oxygen atoms in total. The van der Waals surface area contributed by atoms with E-state index in [1.165, 1.54) is 52.8 Å². The minimum atomic E-state index is -1.45. The largest absolute Gasteiger partial charge is 0.408 e. The Hall–Kier alpha value is -3.56. The van der Waals surface area contributed by atoms with Crippen molar-refractivity contribution in [2.24, 2.45) is 0 Å². The first kappa shape index (κ1) is 27.3. The van der Waals surface area contributed by atoms with Crippen LogP contribution in [0.25, 0.3) is 43.5 Å². The van der Waals surface area contributed by atoms with Gasteiger partial charge in [0, 0.05) is 22.9 Å². The fraction of sp³-hybridized carbons (Fsp3) is 0.297. The first-order chi connectivity index (χ1) is 20.8. The van der Waals surface area contributed by atoms with Crippen molar-refractivity contribution in [1.82, 2.24) is 5.32 Å². The maximum absolute atomic E-state index is 7.14. The first-order valence-electron chi connectivity index (χ1n) is 15.5. The van der Waals surface area contributed by atoms with Gasteiger partial charge in [-0.15, -0.1) is 0 Å². The van der Waals surface area contributed by atoms with Gasteiger partial charge in [-0.25, -0.2) is 0 Å². The summed E-state index contributed by atoms with van der Waals surface area (Å²) in [4.78, 5) is 0. The maximum Gasteiger partial charge on any atom is 0.310 e. The summed E-state index contributed by atoms with van der Waals surface area (Å²) in [6.07, 6.45) is 7.07. The molecule has 1 N–H and O–H groups in total. The molecular formula is C37H39N2O2P. The zero-order valence-corrected chi connectivity index (χ0v) is 25.2. The van der Waals surface area contributed by atoms with Crippen LogP contribution in [0.5, 0.6) is 0 Å². The van der Waals surface area contributed by atoms with Crippen LogP contribution in [0.3, 0.4) is 0 Å². The maximum atomic E-state index is 7.14. The molecule has 1 atom stereocenters. The number of nitrogens with one attached hydrogen (secondary N) is 1. The van der Waals surface area contributed by atoms with Crippen LogP contribution in [0.2, 0.25) is 0 Å². The third-order valence-corrected chi connectivity index (χ3v) is 10.7. The Morgan fingerprint density at radius 1 is 0.643 bits per heavy atom. The number of nitrogens with zero attached hydrogens (tertiary/aromatic N) is 1. The molecule has 1 aliphatic heterocycles. The van der Waals surface area contributed by atoms with E-state index >= 15 is 0 Å². The molecule has 0 aliphatic carbocycles. The lowest BCUT2D eigenvalue weighted by Gasteiger charge is -2.34. The van der Waals surface area contributed by atoms with E-state index in [1.807, 2.05) is 0 Å². The summed E-state index contributed by atoms with van der Waals surface area (Å²) in [6.45, 7) is 4.53. The molecule has 1 unspecified atom stereocenters. The predicted octanol–water partition coefficient (Wildman–Crippen LogP) is 10.6. The van der Waals surface area contributed by atoms with E-state index < -0.39 is 8.16 Å². The Labute approximate surface area is 248 Å². The molecule has 0 spiro atoms. The normalized spacial score (nSPS) is 16.3. The minimum absolute atomic E-state index is 0.147. The average Bonchev–Trinajstić information content (AvgIpc) is 3.21. The first-order valence-corrected chi connectivity index (χ1v) is 16.6. The standard InChI is InChI=1S/C37H39N2O2P/c1-27(28-13-3-2-4-14-28)39(31-17-9-11-25-38-26-12-10-18-31)42-40-34-23-21-29-15-5-7-19-32(29)36(34)37-33-20-8-6-16-30(33)22-24-35(37)41-42/h2-8,13-16,19-24,27,31,38H,9-12,17-18,25-26H2,1H3. The van der Waals surface area contributed by atoms with Gasteiger partial charge in [0.2, 0.25) is 0 Å². The van der Waals surface area contributed by atoms with Crippen LogP contribution in [-0.4, -0.2) is 19.1 Å². The van der Waals surface area contributed by atoms with Crippen LogP contribution in [0.4, 0.5) is 0 Å². The molecule has 5 aromatic carbocycles. The molecule has 5 heteroatoms. The second-order valence-electron chi connectivity index (χ2n) is 11.6. The monoisotopic (exact) mass is 574 g/mol. The predicted molar refractivity (Wildman–Crippen MR) is 179 cm³/mol. The third kappa shape index (κ3) is 5.36. The van der Waals surface area contributed by atoms with E-state index in [9.17, 15) is 0 Å². The van der Waals surface area contributed by atoms with Gasteiger partial charge in [0.15, 0.2) is 0 Å². The fourth-order valence-electron chi connectivity index (χ4n) is 6.72. The van der Waals surface area contributed by atoms with E-state index in [0.717, 1.165) is 47.9 Å². The Bertz CT molecular complexity index is 1760. The van der Waals surface area contributed by atoms with Crippen LogP contribution in [0.1, 0.15) is 57.1 Å². The highest BCUT2D eigenvalue weighted by Gasteiger charge is 2.30. The third-order valence-electron chi connectivity index (χ3n) is 8.91. The fourth-order valence-corrected chi connectivity index (χ4v) is 8.50. The molecular weight excluding hydrogens is 535 g/mol. The number of rotatable bonds is 4. The number of fused-ring (bicyclic) bond motifs is 7. The van der Waals surface area contributed by atoms with Crippen LogP contribution >= 0.6 is 8.16 Å². The van der Waals surface area contributed by atoms with Crippen LogP contribution < -0.4 is 9.99 Å². The highest BCUT2D eigenvalue weighted by Crippen LogP contribution is 2.46. The molecule has 0 radical (unpaired) electrons. The van der Waals surface area contributed by atoms with Gasteiger partial charge < -0.3 is 13.7 Å². The summed E-state index contributed by atoms with van der Waals surface area (Å²) in [5.41, 5.74) is 3.11. The van der Waals surface area contributed by atoms with E-state index in [0.29, 0.717) is 6.04 Å². The SMILES string of the molecule is CC(c1ccccc1)N(C1CCCCNCCCC1)p1oc2ccc3ccccc3c2c2c(ccc3ccccc32)o1. The molecule has 42 heavy (non-hydrogen) atoms. The Balaban J connectivity index is 1.52. The highest BCUT2D eigenvalue weighted by molar-refractivity contribution is 7.39. The second kappa shape index (κ2) is 12.4. The van der Waals surface area contributed by atoms with Gasteiger partial charge in [0.05, 0.1) is 0 Å². The summed E-state index contributed by atoms with van der Waals surface area (Å²) in [6, 6.07) is 37.4. The molecule has 0 saturated carbocycles. The number of benzene rings is 5. The molecule has 1 aliphatic rings. The molecule has 7 rings (SSSR count). The van der Waals surface area contributed by atoms with Crippen molar-refractivity contribution in [3.05, 3.63) is 109 Å². The van der Waals surface area contributed by atoms with Crippen LogP contribution in [0.15, 0.2) is 112 Å². The lowest BCUT2D eigenvalue weighted by Crippen LogP contribution is -2.36. The van der Waals surface area contributed by atoms with Gasteiger partial charge in [0.25, 0.3) is 0 Å². The number of hydrogen-bond acceptors (Lipinski definition) is 4. The molecule has 6 aromatic rings. The van der Waals surface area contributed by atoms with E-state index in [-0.39, 0.29) is 6.04 Å². The molecule has 1 aromatic heterocycles. The smallest absolute Gasteiger partial charge is 0.310 e. The molecule has 0 amide bonds. The van der Waals surface area contributed by atoms with Gasteiger partial charge >= 0.3 is 8.16 Å². The second-order valence-corrected chi connectivity index (χ2v) is 12.9. The minimum Gasteiger partial charge on any atom is -0.408 e. The molecule has 214 valence electrons. The van der Waals surface area contributed by atoms with E-state index in [1.54, 1.807) is 0 Å². The highest BCUT2D eigenvalue weighted by atomic mass is 31.1. The molecule has 0 bridgehead atoms. The summed E-state index contributed by atoms with van der Waals surface area (Å²) in [7, 11) is -1.45. The van der Waals surface area contributed by atoms with Crippen molar-refractivity contribution >= 4 is 51.6 Å². The van der Waals surface area contributed by atoms with Crippen molar-refractivity contribution in [3.8, 4) is 0 Å². The van der Waals surface area contributed by atoms with Crippen LogP contribution in [0, 0.1) is 0 Å². The Morgan fingerprint density at radius 3 is 1.74 bits per heavy atom. The lowest BCUT2D eigenvalue weighted by atomic mass is 9.99. The summed E-state index contributed by atoms with van der Waals surface area (Å²) >= 11 is 0. The van der Waals surface area contributed by atoms with Crippen molar-refractivity contribution in [3.63, 3.8) is 0 Å². The van der Waals surface area contributed by atoms with Gasteiger partial charge in [-0.2, -0.15) is 4.67 Å². The average molecular weight is 575 g/mol. The van der Waals surface area contributed by atoms with Gasteiger partial charge in [-0.05, 0) is 84.9 Å². The zero-order valence-electron chi connectivity index (χ0n) is 24.3. The van der Waals surface area contributed by atoms with Crippen molar-refractivity contribution in [1.29, 1.82) is 0 Å². The summed E-state index contributed by atoms with van der Waals surface area (Å²) in [5.74, 6) is 0. The van der Waals surface area contributed by atoms with Gasteiger partial charge in [-0.1, -0.05) is 104 Å².